The molecule has 0 bridgehead atoms. The number of rotatable bonds is 6. The van der Waals surface area contributed by atoms with Crippen LogP contribution in [0.1, 0.15) is 22.3 Å². The van der Waals surface area contributed by atoms with Crippen molar-refractivity contribution in [3.05, 3.63) is 89.0 Å². The molecular weight excluding hydrogens is 530 g/mol. The Morgan fingerprint density at radius 2 is 1.34 bits per heavy atom. The number of aryl methyl sites for hydroxylation is 2. The Morgan fingerprint density at radius 3 is 1.87 bits per heavy atom. The van der Waals surface area contributed by atoms with Crippen LogP contribution >= 0.6 is 11.8 Å². The lowest BCUT2D eigenvalue weighted by Gasteiger charge is -2.15. The summed E-state index contributed by atoms with van der Waals surface area (Å²) in [6.45, 7) is 3.87. The molecule has 1 amide bonds. The maximum atomic E-state index is 13.1. The number of thioether (sulfide) groups is 1. The normalized spacial score (nSPS) is 12.0. The highest BCUT2D eigenvalue weighted by atomic mass is 32.2. The van der Waals surface area contributed by atoms with Gasteiger partial charge in [-0.15, -0.1) is 10.2 Å². The highest BCUT2D eigenvalue weighted by Crippen LogP contribution is 2.37. The van der Waals surface area contributed by atoms with Gasteiger partial charge in [0.2, 0.25) is 5.91 Å². The Bertz CT molecular complexity index is 1410. The van der Waals surface area contributed by atoms with Crippen LogP contribution in [0.5, 0.6) is 0 Å². The van der Waals surface area contributed by atoms with Gasteiger partial charge in [0.25, 0.3) is 0 Å². The van der Waals surface area contributed by atoms with Crippen molar-refractivity contribution in [2.24, 2.45) is 0 Å². The molecule has 1 aromatic heterocycles. The molecule has 4 rings (SSSR count). The number of carbonyl (C=O) groups is 1. The van der Waals surface area contributed by atoms with Gasteiger partial charge in [0.05, 0.1) is 16.9 Å². The number of anilines is 1. The summed E-state index contributed by atoms with van der Waals surface area (Å²) in [6, 6.07) is 16.0. The summed E-state index contributed by atoms with van der Waals surface area (Å²) in [6.07, 6.45) is -10.0. The second-order valence-electron chi connectivity index (χ2n) is 8.47. The Labute approximate surface area is 217 Å². The van der Waals surface area contributed by atoms with Gasteiger partial charge in [-0.3, -0.25) is 9.36 Å². The van der Waals surface area contributed by atoms with Crippen LogP contribution in [0.3, 0.4) is 0 Å². The summed E-state index contributed by atoms with van der Waals surface area (Å²) >= 11 is 0.944. The second kappa shape index (κ2) is 10.5. The predicted molar refractivity (Wildman–Crippen MR) is 132 cm³/mol. The van der Waals surface area contributed by atoms with E-state index in [2.05, 4.69) is 15.5 Å². The largest absolute Gasteiger partial charge is 0.416 e. The number of aromatic nitrogens is 3. The van der Waals surface area contributed by atoms with Crippen molar-refractivity contribution >= 4 is 23.4 Å². The van der Waals surface area contributed by atoms with E-state index >= 15 is 0 Å². The molecule has 0 radical (unpaired) electrons. The average molecular weight is 551 g/mol. The number of hydrogen-bond donors (Lipinski definition) is 1. The van der Waals surface area contributed by atoms with Crippen LogP contribution in [0, 0.1) is 13.8 Å². The number of alkyl halides is 6. The fourth-order valence-corrected chi connectivity index (χ4v) is 4.29. The van der Waals surface area contributed by atoms with E-state index in [9.17, 15) is 31.1 Å². The molecule has 5 nitrogen and oxygen atoms in total. The third kappa shape index (κ3) is 6.36. The molecule has 3 aromatic carbocycles. The fraction of sp³-hybridized carbons (Fsp3) is 0.192. The predicted octanol–water partition coefficient (Wildman–Crippen LogP) is 7.32. The van der Waals surface area contributed by atoms with Gasteiger partial charge in [0, 0.05) is 16.9 Å². The lowest BCUT2D eigenvalue weighted by atomic mass is 10.1. The average Bonchev–Trinajstić information content (AvgIpc) is 3.26. The van der Waals surface area contributed by atoms with Gasteiger partial charge in [0.15, 0.2) is 11.0 Å². The van der Waals surface area contributed by atoms with Crippen molar-refractivity contribution in [1.29, 1.82) is 0 Å². The Balaban J connectivity index is 1.60. The van der Waals surface area contributed by atoms with Crippen LogP contribution in [0.2, 0.25) is 0 Å². The first-order chi connectivity index (χ1) is 17.8. The molecule has 0 aliphatic carbocycles. The molecule has 12 heteroatoms. The van der Waals surface area contributed by atoms with Crippen LogP contribution in [0.25, 0.3) is 17.1 Å². The molecule has 38 heavy (non-hydrogen) atoms. The van der Waals surface area contributed by atoms with Gasteiger partial charge in [0.1, 0.15) is 0 Å². The minimum Gasteiger partial charge on any atom is -0.325 e. The number of hydrogen-bond acceptors (Lipinski definition) is 4. The number of amides is 1. The quantitative estimate of drug-likeness (QED) is 0.202. The van der Waals surface area contributed by atoms with E-state index in [1.807, 2.05) is 62.4 Å². The fourth-order valence-electron chi connectivity index (χ4n) is 3.53. The molecule has 0 saturated heterocycles. The lowest BCUT2D eigenvalue weighted by molar-refractivity contribution is -0.143. The molecule has 0 aliphatic rings. The smallest absolute Gasteiger partial charge is 0.325 e. The van der Waals surface area contributed by atoms with Gasteiger partial charge in [-0.1, -0.05) is 59.3 Å². The second-order valence-corrected chi connectivity index (χ2v) is 9.42. The van der Waals surface area contributed by atoms with E-state index in [4.69, 9.17) is 0 Å². The van der Waals surface area contributed by atoms with Gasteiger partial charge >= 0.3 is 12.4 Å². The van der Waals surface area contributed by atoms with Crippen molar-refractivity contribution in [3.8, 4) is 17.1 Å². The highest BCUT2D eigenvalue weighted by Gasteiger charge is 2.37. The van der Waals surface area contributed by atoms with E-state index in [0.717, 1.165) is 28.5 Å². The van der Waals surface area contributed by atoms with Gasteiger partial charge < -0.3 is 5.32 Å². The summed E-state index contributed by atoms with van der Waals surface area (Å²) in [5.41, 5.74) is -0.0981. The van der Waals surface area contributed by atoms with E-state index in [1.54, 1.807) is 4.57 Å². The number of carbonyl (C=O) groups excluding carboxylic acids is 1. The van der Waals surface area contributed by atoms with Gasteiger partial charge in [-0.05, 0) is 44.2 Å². The first kappa shape index (κ1) is 27.2. The minimum absolute atomic E-state index is 0.00105. The third-order valence-corrected chi connectivity index (χ3v) is 6.37. The number of nitrogens with zero attached hydrogens (tertiary/aromatic N) is 3. The Hall–Kier alpha value is -3.80. The van der Waals surface area contributed by atoms with Gasteiger partial charge in [-0.25, -0.2) is 0 Å². The number of benzene rings is 3. The van der Waals surface area contributed by atoms with E-state index in [1.165, 1.54) is 0 Å². The summed E-state index contributed by atoms with van der Waals surface area (Å²) in [5.74, 6) is -0.641. The van der Waals surface area contributed by atoms with Crippen LogP contribution in [0.15, 0.2) is 71.9 Å². The SMILES string of the molecule is Cc1ccc(-c2nnc(SCC(=O)Nc3cc(C(F)(F)F)cc(C(F)(F)F)c3)n2-c2ccc(C)cc2)cc1. The van der Waals surface area contributed by atoms with Crippen molar-refractivity contribution in [3.63, 3.8) is 0 Å². The zero-order chi connectivity index (χ0) is 27.7. The molecule has 198 valence electrons. The molecule has 4 aromatic rings. The molecule has 1 N–H and O–H groups in total. The molecule has 1 heterocycles. The highest BCUT2D eigenvalue weighted by molar-refractivity contribution is 7.99. The molecule has 0 atom stereocenters. The molecule has 0 saturated carbocycles. The third-order valence-electron chi connectivity index (χ3n) is 5.44. The molecule has 0 spiro atoms. The van der Waals surface area contributed by atoms with E-state index in [0.29, 0.717) is 28.8 Å². The maximum Gasteiger partial charge on any atom is 0.416 e. The van der Waals surface area contributed by atoms with Crippen LogP contribution in [-0.2, 0) is 17.1 Å². The standard InChI is InChI=1S/C26H20F6N4OS/c1-15-3-7-17(8-4-15)23-34-35-24(36(23)21-9-5-16(2)6-10-21)38-14-22(37)33-20-12-18(25(27,28)29)11-19(13-20)26(30,31)32/h3-13H,14H2,1-2H3,(H,33,37). The Morgan fingerprint density at radius 1 is 0.816 bits per heavy atom. The van der Waals surface area contributed by atoms with Crippen LogP contribution in [0.4, 0.5) is 32.0 Å². The summed E-state index contributed by atoms with van der Waals surface area (Å²) < 4.78 is 80.5. The van der Waals surface area contributed by atoms with Gasteiger partial charge in [-0.2, -0.15) is 26.3 Å². The topological polar surface area (TPSA) is 59.8 Å². The molecule has 0 fully saturated rings. The van der Waals surface area contributed by atoms with E-state index in [-0.39, 0.29) is 11.8 Å². The van der Waals surface area contributed by atoms with Crippen molar-refractivity contribution < 1.29 is 31.1 Å². The zero-order valence-corrected chi connectivity index (χ0v) is 20.8. The number of nitrogens with one attached hydrogen (secondary N) is 1. The van der Waals surface area contributed by atoms with Crippen molar-refractivity contribution in [2.75, 3.05) is 11.1 Å². The van der Waals surface area contributed by atoms with Crippen molar-refractivity contribution in [2.45, 2.75) is 31.4 Å². The van der Waals surface area contributed by atoms with Crippen LogP contribution in [-0.4, -0.2) is 26.4 Å². The monoisotopic (exact) mass is 550 g/mol. The molecule has 0 unspecified atom stereocenters. The minimum atomic E-state index is -5.02. The Kier molecular flexibility index (Phi) is 7.54. The lowest BCUT2D eigenvalue weighted by Crippen LogP contribution is -2.17. The molecule has 0 aliphatic heterocycles. The summed E-state index contributed by atoms with van der Waals surface area (Å²) in [4.78, 5) is 12.6. The summed E-state index contributed by atoms with van der Waals surface area (Å²) in [7, 11) is 0. The van der Waals surface area contributed by atoms with E-state index < -0.39 is 35.1 Å². The zero-order valence-electron chi connectivity index (χ0n) is 20.0. The maximum absolute atomic E-state index is 13.1. The molecular formula is C26H20F6N4OS. The first-order valence-electron chi connectivity index (χ1n) is 11.1. The number of halogens is 6. The van der Waals surface area contributed by atoms with Crippen LogP contribution < -0.4 is 5.32 Å². The summed E-state index contributed by atoms with van der Waals surface area (Å²) in [5, 5.41) is 10.9. The first-order valence-corrected chi connectivity index (χ1v) is 12.1. The van der Waals surface area contributed by atoms with Crippen molar-refractivity contribution in [1.82, 2.24) is 14.8 Å².